The molecule has 1 unspecified atom stereocenters. The number of hydrogen-bond donors (Lipinski definition) is 1. The zero-order chi connectivity index (χ0) is 17.6. The van der Waals surface area contributed by atoms with Crippen LogP contribution in [0.25, 0.3) is 0 Å². The third kappa shape index (κ3) is 4.13. The topological polar surface area (TPSA) is 59.5 Å². The second kappa shape index (κ2) is 8.05. The summed E-state index contributed by atoms with van der Waals surface area (Å²) >= 11 is 0. The number of methoxy groups -OCH3 is 2. The first-order valence-corrected chi connectivity index (χ1v) is 8.76. The molecule has 1 atom stereocenters. The zero-order valence-corrected chi connectivity index (χ0v) is 15.2. The van der Waals surface area contributed by atoms with E-state index in [-0.39, 0.29) is 6.04 Å². The number of anilines is 2. The van der Waals surface area contributed by atoms with E-state index < -0.39 is 0 Å². The van der Waals surface area contributed by atoms with Gasteiger partial charge in [0.1, 0.15) is 18.0 Å². The van der Waals surface area contributed by atoms with Gasteiger partial charge in [0, 0.05) is 19.2 Å². The van der Waals surface area contributed by atoms with Crippen LogP contribution >= 0.6 is 0 Å². The highest BCUT2D eigenvalue weighted by Gasteiger charge is 2.14. The van der Waals surface area contributed by atoms with Crippen molar-refractivity contribution in [1.82, 2.24) is 9.97 Å². The Morgan fingerprint density at radius 2 is 1.76 bits per heavy atom. The molecule has 6 heteroatoms. The second-order valence-corrected chi connectivity index (χ2v) is 6.29. The first-order chi connectivity index (χ1) is 12.2. The van der Waals surface area contributed by atoms with Crippen molar-refractivity contribution in [3.8, 4) is 11.5 Å². The first-order valence-electron chi connectivity index (χ1n) is 8.76. The summed E-state index contributed by atoms with van der Waals surface area (Å²) in [6.07, 6.45) is 5.40. The summed E-state index contributed by atoms with van der Waals surface area (Å²) in [5.41, 5.74) is 1.11. The van der Waals surface area contributed by atoms with E-state index in [1.165, 1.54) is 19.3 Å². The maximum Gasteiger partial charge on any atom is 0.161 e. The van der Waals surface area contributed by atoms with Gasteiger partial charge in [0.25, 0.3) is 0 Å². The monoisotopic (exact) mass is 342 g/mol. The molecule has 0 amide bonds. The third-order valence-electron chi connectivity index (χ3n) is 4.60. The van der Waals surface area contributed by atoms with Crippen LogP contribution in [0.2, 0.25) is 0 Å². The average molecular weight is 342 g/mol. The van der Waals surface area contributed by atoms with Crippen molar-refractivity contribution in [3.05, 3.63) is 36.2 Å². The lowest BCUT2D eigenvalue weighted by molar-refractivity contribution is 0.354. The molecule has 1 aliphatic heterocycles. The van der Waals surface area contributed by atoms with Gasteiger partial charge in [0.15, 0.2) is 11.5 Å². The van der Waals surface area contributed by atoms with E-state index in [0.717, 1.165) is 41.8 Å². The van der Waals surface area contributed by atoms with E-state index in [1.807, 2.05) is 24.3 Å². The summed E-state index contributed by atoms with van der Waals surface area (Å²) in [5.74, 6) is 3.28. The quantitative estimate of drug-likeness (QED) is 0.864. The van der Waals surface area contributed by atoms with Crippen LogP contribution < -0.4 is 19.7 Å². The number of nitrogens with one attached hydrogen (secondary N) is 1. The van der Waals surface area contributed by atoms with E-state index in [1.54, 1.807) is 20.5 Å². The Morgan fingerprint density at radius 3 is 2.48 bits per heavy atom. The fraction of sp³-hybridized carbons (Fsp3) is 0.474. The average Bonchev–Trinajstić information content (AvgIpc) is 2.68. The molecule has 1 fully saturated rings. The first kappa shape index (κ1) is 17.3. The van der Waals surface area contributed by atoms with Gasteiger partial charge in [-0.05, 0) is 43.9 Å². The van der Waals surface area contributed by atoms with E-state index in [9.17, 15) is 0 Å². The van der Waals surface area contributed by atoms with Crippen LogP contribution in [0.15, 0.2) is 30.6 Å². The Hall–Kier alpha value is -2.50. The zero-order valence-electron chi connectivity index (χ0n) is 15.2. The van der Waals surface area contributed by atoms with Crippen LogP contribution in [-0.2, 0) is 0 Å². The second-order valence-electron chi connectivity index (χ2n) is 6.29. The van der Waals surface area contributed by atoms with E-state index in [0.29, 0.717) is 0 Å². The molecule has 2 aromatic rings. The number of aromatic nitrogens is 2. The molecule has 1 saturated heterocycles. The van der Waals surface area contributed by atoms with Crippen LogP contribution in [0, 0.1) is 0 Å². The molecule has 3 rings (SSSR count). The van der Waals surface area contributed by atoms with E-state index in [4.69, 9.17) is 9.47 Å². The van der Waals surface area contributed by atoms with Crippen LogP contribution in [0.3, 0.4) is 0 Å². The largest absolute Gasteiger partial charge is 0.493 e. The lowest BCUT2D eigenvalue weighted by Gasteiger charge is -2.28. The Morgan fingerprint density at radius 1 is 1.00 bits per heavy atom. The number of rotatable bonds is 6. The summed E-state index contributed by atoms with van der Waals surface area (Å²) in [6.45, 7) is 4.24. The van der Waals surface area contributed by atoms with Gasteiger partial charge in [0.2, 0.25) is 0 Å². The smallest absolute Gasteiger partial charge is 0.161 e. The molecule has 1 aromatic heterocycles. The van der Waals surface area contributed by atoms with Gasteiger partial charge in [-0.3, -0.25) is 0 Å². The van der Waals surface area contributed by atoms with Gasteiger partial charge in [0.05, 0.1) is 20.3 Å². The normalized spacial score (nSPS) is 15.6. The number of nitrogens with zero attached hydrogens (tertiary/aromatic N) is 3. The number of piperidine rings is 1. The van der Waals surface area contributed by atoms with Gasteiger partial charge in [-0.25, -0.2) is 9.97 Å². The van der Waals surface area contributed by atoms with Crippen molar-refractivity contribution < 1.29 is 9.47 Å². The van der Waals surface area contributed by atoms with Gasteiger partial charge in [-0.15, -0.1) is 0 Å². The lowest BCUT2D eigenvalue weighted by Crippen LogP contribution is -2.30. The van der Waals surface area contributed by atoms with Crippen LogP contribution in [0.4, 0.5) is 11.6 Å². The number of hydrogen-bond acceptors (Lipinski definition) is 6. The van der Waals surface area contributed by atoms with Crippen molar-refractivity contribution in [2.45, 2.75) is 32.2 Å². The maximum atomic E-state index is 5.39. The van der Waals surface area contributed by atoms with Gasteiger partial charge >= 0.3 is 0 Å². The SMILES string of the molecule is COc1ccc(C(C)Nc2cc(N3CCCCC3)ncn2)cc1OC. The van der Waals surface area contributed by atoms with Crippen molar-refractivity contribution in [2.75, 3.05) is 37.5 Å². The van der Waals surface area contributed by atoms with Crippen molar-refractivity contribution in [3.63, 3.8) is 0 Å². The fourth-order valence-electron chi connectivity index (χ4n) is 3.15. The van der Waals surface area contributed by atoms with Gasteiger partial charge in [-0.2, -0.15) is 0 Å². The summed E-state index contributed by atoms with van der Waals surface area (Å²) in [4.78, 5) is 11.1. The highest BCUT2D eigenvalue weighted by atomic mass is 16.5. The Kier molecular flexibility index (Phi) is 5.58. The molecule has 0 saturated carbocycles. The van der Waals surface area contributed by atoms with Crippen LogP contribution in [-0.4, -0.2) is 37.3 Å². The molecule has 0 aliphatic carbocycles. The Labute approximate surface area is 149 Å². The molecular weight excluding hydrogens is 316 g/mol. The minimum atomic E-state index is 0.0870. The summed E-state index contributed by atoms with van der Waals surface area (Å²) in [6, 6.07) is 8.06. The van der Waals surface area contributed by atoms with E-state index in [2.05, 4.69) is 27.1 Å². The molecule has 0 radical (unpaired) electrons. The minimum absolute atomic E-state index is 0.0870. The molecule has 25 heavy (non-hydrogen) atoms. The fourth-order valence-corrected chi connectivity index (χ4v) is 3.15. The molecular formula is C19H26N4O2. The summed E-state index contributed by atoms with van der Waals surface area (Å²) in [5, 5.41) is 3.45. The highest BCUT2D eigenvalue weighted by Crippen LogP contribution is 2.31. The van der Waals surface area contributed by atoms with Crippen molar-refractivity contribution >= 4 is 11.6 Å². The molecule has 1 aromatic carbocycles. The predicted octanol–water partition coefficient (Wildman–Crippen LogP) is 3.66. The van der Waals surface area contributed by atoms with Crippen LogP contribution in [0.1, 0.15) is 37.8 Å². The molecule has 6 nitrogen and oxygen atoms in total. The molecule has 0 spiro atoms. The predicted molar refractivity (Wildman–Crippen MR) is 99.7 cm³/mol. The molecule has 1 aliphatic rings. The molecule has 134 valence electrons. The summed E-state index contributed by atoms with van der Waals surface area (Å²) in [7, 11) is 3.29. The molecule has 1 N–H and O–H groups in total. The minimum Gasteiger partial charge on any atom is -0.493 e. The highest BCUT2D eigenvalue weighted by molar-refractivity contribution is 5.51. The number of benzene rings is 1. The van der Waals surface area contributed by atoms with E-state index >= 15 is 0 Å². The Bertz CT molecular complexity index is 702. The standard InChI is InChI=1S/C19H26N4O2/c1-14(15-7-8-16(24-2)17(11-15)25-3)22-18-12-19(21-13-20-18)23-9-5-4-6-10-23/h7-8,11-14H,4-6,9-10H2,1-3H3,(H,20,21,22). The van der Waals surface area contributed by atoms with Gasteiger partial charge in [-0.1, -0.05) is 6.07 Å². The summed E-state index contributed by atoms with van der Waals surface area (Å²) < 4.78 is 10.7. The molecule has 2 heterocycles. The Balaban J connectivity index is 1.73. The third-order valence-corrected chi connectivity index (χ3v) is 4.60. The van der Waals surface area contributed by atoms with Crippen molar-refractivity contribution in [2.24, 2.45) is 0 Å². The van der Waals surface area contributed by atoms with Crippen molar-refractivity contribution in [1.29, 1.82) is 0 Å². The maximum absolute atomic E-state index is 5.39. The number of ether oxygens (including phenoxy) is 2. The lowest BCUT2D eigenvalue weighted by atomic mass is 10.1. The van der Waals surface area contributed by atoms with Crippen LogP contribution in [0.5, 0.6) is 11.5 Å². The van der Waals surface area contributed by atoms with Gasteiger partial charge < -0.3 is 19.7 Å². The molecule has 0 bridgehead atoms.